The van der Waals surface area contributed by atoms with E-state index in [0.717, 1.165) is 55.2 Å². The Morgan fingerprint density at radius 1 is 0.477 bits per heavy atom. The van der Waals surface area contributed by atoms with Crippen molar-refractivity contribution in [1.29, 1.82) is 0 Å². The molecule has 0 atom stereocenters. The van der Waals surface area contributed by atoms with Crippen LogP contribution in [0.3, 0.4) is 0 Å². The van der Waals surface area contributed by atoms with E-state index in [1.807, 2.05) is 60.7 Å². The van der Waals surface area contributed by atoms with Crippen LogP contribution in [0.4, 0.5) is 0 Å². The van der Waals surface area contributed by atoms with Gasteiger partial charge in [0.05, 0.1) is 47.7 Å². The summed E-state index contributed by atoms with van der Waals surface area (Å²) in [6.45, 7) is 4.11. The number of nitrogens with zero attached hydrogens (tertiary/aromatic N) is 4. The summed E-state index contributed by atoms with van der Waals surface area (Å²) in [5.74, 6) is -0.978. The molecule has 0 spiro atoms. The number of pyridine rings is 4. The third kappa shape index (κ3) is 4.48. The highest BCUT2D eigenvalue weighted by Gasteiger charge is 2.16. The minimum Gasteiger partial charge on any atom is -0.464 e. The van der Waals surface area contributed by atoms with Crippen LogP contribution < -0.4 is 0 Å². The molecule has 0 aliphatic rings. The Labute approximate surface area is 252 Å². The monoisotopic (exact) mass is 578 g/mol. The summed E-state index contributed by atoms with van der Waals surface area (Å²) in [4.78, 5) is 43.6. The second-order valence-electron chi connectivity index (χ2n) is 10.7. The maximum Gasteiger partial charge on any atom is 0.356 e. The van der Waals surface area contributed by atoms with E-state index in [4.69, 9.17) is 19.4 Å². The molecule has 0 bridgehead atoms. The number of benzene rings is 3. The lowest BCUT2D eigenvalue weighted by atomic mass is 9.95. The molecular formula is C36H26N4O4. The van der Waals surface area contributed by atoms with Gasteiger partial charge >= 0.3 is 11.9 Å². The third-order valence-corrected chi connectivity index (χ3v) is 7.95. The molecule has 0 N–H and O–H groups in total. The van der Waals surface area contributed by atoms with E-state index in [1.165, 1.54) is 14.2 Å². The highest BCUT2D eigenvalue weighted by Crippen LogP contribution is 2.34. The van der Waals surface area contributed by atoms with Gasteiger partial charge in [-0.1, -0.05) is 48.5 Å². The fourth-order valence-electron chi connectivity index (χ4n) is 5.64. The maximum absolute atomic E-state index is 12.2. The first-order chi connectivity index (χ1) is 21.3. The van der Waals surface area contributed by atoms with Crippen LogP contribution in [0.5, 0.6) is 0 Å². The van der Waals surface area contributed by atoms with E-state index in [2.05, 4.69) is 35.9 Å². The van der Waals surface area contributed by atoms with Crippen molar-refractivity contribution in [3.05, 3.63) is 107 Å². The average molecular weight is 579 g/mol. The number of carbonyl (C=O) groups is 2. The van der Waals surface area contributed by atoms with Crippen LogP contribution in [-0.4, -0.2) is 46.1 Å². The van der Waals surface area contributed by atoms with Crippen LogP contribution in [0.25, 0.3) is 66.1 Å². The number of aromatic nitrogens is 4. The van der Waals surface area contributed by atoms with Crippen molar-refractivity contribution < 1.29 is 19.1 Å². The lowest BCUT2D eigenvalue weighted by Gasteiger charge is -2.14. The number of esters is 2. The van der Waals surface area contributed by atoms with E-state index in [1.54, 1.807) is 12.1 Å². The number of ether oxygens (including phenoxy) is 2. The normalized spacial score (nSPS) is 11.4. The molecule has 0 fully saturated rings. The number of hydrogen-bond acceptors (Lipinski definition) is 8. The molecular weight excluding hydrogens is 552 g/mol. The fraction of sp³-hybridized carbons (Fsp3) is 0.111. The van der Waals surface area contributed by atoms with Crippen LogP contribution in [0.1, 0.15) is 32.1 Å². The highest BCUT2D eigenvalue weighted by atomic mass is 16.5. The van der Waals surface area contributed by atoms with Crippen LogP contribution in [-0.2, 0) is 9.47 Å². The van der Waals surface area contributed by atoms with Crippen LogP contribution in [0.2, 0.25) is 0 Å². The second-order valence-corrected chi connectivity index (χ2v) is 10.7. The Morgan fingerprint density at radius 2 is 0.795 bits per heavy atom. The Morgan fingerprint density at radius 3 is 1.16 bits per heavy atom. The molecule has 4 aromatic heterocycles. The SMILES string of the molecule is COC(=O)c1ccc2ccc3ccc(-c4cc(C)c(-c5ccc6ccc7ccc(C(=O)OC)nc7c6n5)cc4C)nc3c2n1. The molecule has 44 heavy (non-hydrogen) atoms. The second kappa shape index (κ2) is 10.5. The van der Waals surface area contributed by atoms with Crippen molar-refractivity contribution in [2.24, 2.45) is 0 Å². The first-order valence-corrected chi connectivity index (χ1v) is 14.0. The maximum atomic E-state index is 12.2. The van der Waals surface area contributed by atoms with Gasteiger partial charge in [-0.15, -0.1) is 0 Å². The summed E-state index contributed by atoms with van der Waals surface area (Å²) < 4.78 is 9.76. The van der Waals surface area contributed by atoms with E-state index < -0.39 is 11.9 Å². The Balaban J connectivity index is 1.34. The molecule has 0 amide bonds. The van der Waals surface area contributed by atoms with Gasteiger partial charge in [-0.25, -0.2) is 29.5 Å². The number of carbonyl (C=O) groups excluding carboxylic acids is 2. The van der Waals surface area contributed by atoms with E-state index in [9.17, 15) is 9.59 Å². The molecule has 8 heteroatoms. The van der Waals surface area contributed by atoms with Gasteiger partial charge in [0, 0.05) is 32.7 Å². The molecule has 0 aliphatic heterocycles. The van der Waals surface area contributed by atoms with Gasteiger partial charge in [-0.05, 0) is 61.4 Å². The number of aryl methyl sites for hydroxylation is 2. The van der Waals surface area contributed by atoms with Crippen molar-refractivity contribution in [3.8, 4) is 22.5 Å². The summed E-state index contributed by atoms with van der Waals surface area (Å²) in [5, 5.41) is 3.64. The van der Waals surface area contributed by atoms with Gasteiger partial charge in [-0.3, -0.25) is 0 Å². The number of rotatable bonds is 4. The molecule has 0 aliphatic carbocycles. The molecule has 4 heterocycles. The standard InChI is InChI=1S/C36H26N4O4/c1-19-17-26(28-14-10-22-6-8-24-12-16-30(36(42)44-4)40-34(24)32(22)38-28)20(2)18-25(19)27-13-9-21-5-7-23-11-15-29(35(41)43-3)39-33(23)31(21)37-27/h5-18H,1-4H3. The number of methoxy groups -OCH3 is 2. The van der Waals surface area contributed by atoms with E-state index in [0.29, 0.717) is 22.1 Å². The van der Waals surface area contributed by atoms with Gasteiger partial charge in [0.2, 0.25) is 0 Å². The minimum absolute atomic E-state index is 0.239. The van der Waals surface area contributed by atoms with Gasteiger partial charge in [-0.2, -0.15) is 0 Å². The Hall–Kier alpha value is -5.76. The zero-order valence-corrected chi connectivity index (χ0v) is 24.5. The van der Waals surface area contributed by atoms with Crippen molar-refractivity contribution in [2.45, 2.75) is 13.8 Å². The first-order valence-electron chi connectivity index (χ1n) is 14.0. The largest absolute Gasteiger partial charge is 0.464 e. The molecule has 8 nitrogen and oxygen atoms in total. The van der Waals surface area contributed by atoms with Crippen molar-refractivity contribution >= 4 is 55.6 Å². The summed E-state index contributed by atoms with van der Waals surface area (Å²) in [7, 11) is 2.69. The average Bonchev–Trinajstić information content (AvgIpc) is 3.07. The summed E-state index contributed by atoms with van der Waals surface area (Å²) in [5.41, 5.74) is 8.87. The molecule has 0 radical (unpaired) electrons. The van der Waals surface area contributed by atoms with Gasteiger partial charge in [0.1, 0.15) is 11.4 Å². The fourth-order valence-corrected chi connectivity index (χ4v) is 5.64. The smallest absolute Gasteiger partial charge is 0.356 e. The zero-order valence-electron chi connectivity index (χ0n) is 24.5. The summed E-state index contributed by atoms with van der Waals surface area (Å²) >= 11 is 0. The van der Waals surface area contributed by atoms with Gasteiger partial charge in [0.25, 0.3) is 0 Å². The molecule has 0 saturated heterocycles. The summed E-state index contributed by atoms with van der Waals surface area (Å²) in [6.07, 6.45) is 0. The molecule has 3 aromatic carbocycles. The van der Waals surface area contributed by atoms with E-state index >= 15 is 0 Å². The summed E-state index contributed by atoms with van der Waals surface area (Å²) in [6, 6.07) is 27.3. The first kappa shape index (κ1) is 27.1. The molecule has 214 valence electrons. The highest BCUT2D eigenvalue weighted by molar-refractivity contribution is 6.06. The quantitative estimate of drug-likeness (QED) is 0.157. The predicted molar refractivity (Wildman–Crippen MR) is 171 cm³/mol. The number of fused-ring (bicyclic) bond motifs is 6. The van der Waals surface area contributed by atoms with Crippen LogP contribution in [0.15, 0.2) is 84.9 Å². The van der Waals surface area contributed by atoms with Crippen LogP contribution >= 0.6 is 0 Å². The topological polar surface area (TPSA) is 104 Å². The zero-order chi connectivity index (χ0) is 30.5. The van der Waals surface area contributed by atoms with Crippen molar-refractivity contribution in [1.82, 2.24) is 19.9 Å². The predicted octanol–water partition coefficient (Wildman–Crippen LogP) is 7.40. The van der Waals surface area contributed by atoms with Gasteiger partial charge in [0.15, 0.2) is 0 Å². The lowest BCUT2D eigenvalue weighted by Crippen LogP contribution is -2.04. The molecule has 0 unspecified atom stereocenters. The van der Waals surface area contributed by atoms with Crippen LogP contribution in [0, 0.1) is 13.8 Å². The molecule has 7 aromatic rings. The molecule has 7 rings (SSSR count). The Kier molecular flexibility index (Phi) is 6.47. The lowest BCUT2D eigenvalue weighted by molar-refractivity contribution is 0.0586. The number of hydrogen-bond donors (Lipinski definition) is 0. The van der Waals surface area contributed by atoms with Crippen molar-refractivity contribution in [2.75, 3.05) is 14.2 Å². The minimum atomic E-state index is -0.489. The van der Waals surface area contributed by atoms with Crippen molar-refractivity contribution in [3.63, 3.8) is 0 Å². The van der Waals surface area contributed by atoms with Gasteiger partial charge < -0.3 is 9.47 Å². The molecule has 0 saturated carbocycles. The van der Waals surface area contributed by atoms with E-state index in [-0.39, 0.29) is 11.4 Å². The Bertz CT molecular complexity index is 2170. The third-order valence-electron chi connectivity index (χ3n) is 7.95.